The van der Waals surface area contributed by atoms with Gasteiger partial charge in [-0.05, 0) is 32.1 Å². The zero-order valence-electron chi connectivity index (χ0n) is 9.79. The minimum Gasteiger partial charge on any atom is -0.305 e. The van der Waals surface area contributed by atoms with Gasteiger partial charge in [0.15, 0.2) is 0 Å². The van der Waals surface area contributed by atoms with Crippen molar-refractivity contribution >= 4 is 11.3 Å². The van der Waals surface area contributed by atoms with E-state index in [2.05, 4.69) is 30.2 Å². The summed E-state index contributed by atoms with van der Waals surface area (Å²) in [6, 6.07) is 2.29. The summed E-state index contributed by atoms with van der Waals surface area (Å²) < 4.78 is 0. The van der Waals surface area contributed by atoms with Crippen LogP contribution in [-0.2, 0) is 5.54 Å². The van der Waals surface area contributed by atoms with Gasteiger partial charge in [0.1, 0.15) is 5.01 Å². The number of thiazole rings is 1. The topological polar surface area (TPSA) is 48.7 Å². The van der Waals surface area contributed by atoms with Gasteiger partial charge in [-0.25, -0.2) is 4.98 Å². The van der Waals surface area contributed by atoms with Crippen LogP contribution >= 0.6 is 11.3 Å². The maximum Gasteiger partial charge on any atom is 0.112 e. The van der Waals surface area contributed by atoms with Crippen molar-refractivity contribution < 1.29 is 0 Å². The summed E-state index contributed by atoms with van der Waals surface area (Å²) >= 11 is 1.68. The first kappa shape index (κ1) is 11.6. The molecule has 3 nitrogen and oxygen atoms in total. The minimum atomic E-state index is -0.0841. The van der Waals surface area contributed by atoms with Gasteiger partial charge < -0.3 is 5.32 Å². The van der Waals surface area contributed by atoms with Gasteiger partial charge in [0.05, 0.1) is 11.6 Å². The van der Waals surface area contributed by atoms with E-state index in [0.717, 1.165) is 11.6 Å². The summed E-state index contributed by atoms with van der Waals surface area (Å²) in [5.74, 6) is 0. The van der Waals surface area contributed by atoms with Crippen molar-refractivity contribution in [2.45, 2.75) is 38.6 Å². The highest BCUT2D eigenvalue weighted by Gasteiger charge is 2.43. The maximum absolute atomic E-state index is 8.77. The lowest BCUT2D eigenvalue weighted by molar-refractivity contribution is 0.344. The fourth-order valence-electron chi connectivity index (χ4n) is 1.78. The lowest BCUT2D eigenvalue weighted by Gasteiger charge is -2.26. The highest BCUT2D eigenvalue weighted by atomic mass is 32.1. The van der Waals surface area contributed by atoms with E-state index in [0.29, 0.717) is 6.42 Å². The van der Waals surface area contributed by atoms with E-state index in [1.54, 1.807) is 11.3 Å². The molecule has 0 atom stereocenters. The molecule has 2 rings (SSSR count). The van der Waals surface area contributed by atoms with E-state index in [4.69, 9.17) is 5.26 Å². The van der Waals surface area contributed by atoms with Crippen LogP contribution in [-0.4, -0.2) is 11.5 Å². The summed E-state index contributed by atoms with van der Waals surface area (Å²) in [5, 5.41) is 15.4. The van der Waals surface area contributed by atoms with Crippen molar-refractivity contribution in [3.8, 4) is 6.07 Å². The van der Waals surface area contributed by atoms with Crippen molar-refractivity contribution in [2.75, 3.05) is 6.54 Å². The average Bonchev–Trinajstić information content (AvgIpc) is 2.81. The van der Waals surface area contributed by atoms with Crippen LogP contribution in [0.25, 0.3) is 0 Å². The van der Waals surface area contributed by atoms with E-state index < -0.39 is 0 Å². The number of nitrogens with zero attached hydrogens (tertiary/aromatic N) is 2. The van der Waals surface area contributed by atoms with Crippen LogP contribution < -0.4 is 5.32 Å². The van der Waals surface area contributed by atoms with Gasteiger partial charge >= 0.3 is 0 Å². The highest BCUT2D eigenvalue weighted by molar-refractivity contribution is 7.09. The molecule has 1 aliphatic rings. The smallest absolute Gasteiger partial charge is 0.112 e. The monoisotopic (exact) mass is 235 g/mol. The molecule has 0 aromatic carbocycles. The normalized spacial score (nSPS) is 18.1. The molecule has 0 spiro atoms. The summed E-state index contributed by atoms with van der Waals surface area (Å²) in [6.45, 7) is 5.22. The molecule has 0 amide bonds. The summed E-state index contributed by atoms with van der Waals surface area (Å²) in [6.07, 6.45) is 4.88. The number of rotatable bonds is 5. The van der Waals surface area contributed by atoms with Crippen LogP contribution in [0.1, 0.15) is 38.1 Å². The number of nitrogens with one attached hydrogen (secondary N) is 1. The standard InChI is InChI=1S/C12H17N3S/c1-11(2,10-14-7-8-16-10)15-9-12(3-4-12)5-6-13/h7-8,15H,3-5,9H2,1-2H3. The van der Waals surface area contributed by atoms with Gasteiger partial charge in [0.2, 0.25) is 0 Å². The van der Waals surface area contributed by atoms with Gasteiger partial charge in [0, 0.05) is 24.5 Å². The first-order valence-corrected chi connectivity index (χ1v) is 6.48. The Hall–Kier alpha value is -0.920. The Morgan fingerprint density at radius 1 is 1.62 bits per heavy atom. The van der Waals surface area contributed by atoms with Crippen LogP contribution in [0.15, 0.2) is 11.6 Å². The van der Waals surface area contributed by atoms with E-state index in [1.165, 1.54) is 12.8 Å². The molecule has 1 fully saturated rings. The molecular formula is C12H17N3S. The molecule has 1 heterocycles. The lowest BCUT2D eigenvalue weighted by atomic mass is 10.00. The van der Waals surface area contributed by atoms with E-state index in [-0.39, 0.29) is 11.0 Å². The van der Waals surface area contributed by atoms with Crippen LogP contribution in [0.3, 0.4) is 0 Å². The lowest BCUT2D eigenvalue weighted by Crippen LogP contribution is -2.40. The third-order valence-corrected chi connectivity index (χ3v) is 4.38. The fourth-order valence-corrected chi connectivity index (χ4v) is 2.52. The van der Waals surface area contributed by atoms with E-state index in [9.17, 15) is 0 Å². The van der Waals surface area contributed by atoms with Gasteiger partial charge in [0.25, 0.3) is 0 Å². The van der Waals surface area contributed by atoms with E-state index >= 15 is 0 Å². The number of hydrogen-bond donors (Lipinski definition) is 1. The van der Waals surface area contributed by atoms with Crippen LogP contribution in [0.4, 0.5) is 0 Å². The van der Waals surface area contributed by atoms with Gasteiger partial charge in [-0.2, -0.15) is 5.26 Å². The predicted molar refractivity (Wildman–Crippen MR) is 65.0 cm³/mol. The summed E-state index contributed by atoms with van der Waals surface area (Å²) in [4.78, 5) is 4.35. The van der Waals surface area contributed by atoms with Crippen molar-refractivity contribution in [1.29, 1.82) is 5.26 Å². The van der Waals surface area contributed by atoms with Crippen molar-refractivity contribution in [3.05, 3.63) is 16.6 Å². The second-order valence-corrected chi connectivity index (χ2v) is 6.05. The Morgan fingerprint density at radius 3 is 2.88 bits per heavy atom. The van der Waals surface area contributed by atoms with Crippen LogP contribution in [0.5, 0.6) is 0 Å². The predicted octanol–water partition coefficient (Wildman–Crippen LogP) is 2.66. The molecule has 0 aliphatic heterocycles. The number of nitriles is 1. The average molecular weight is 235 g/mol. The second-order valence-electron chi connectivity index (χ2n) is 5.15. The first-order chi connectivity index (χ1) is 7.58. The summed E-state index contributed by atoms with van der Waals surface area (Å²) in [7, 11) is 0. The second kappa shape index (κ2) is 4.15. The number of aromatic nitrogens is 1. The van der Waals surface area contributed by atoms with Crippen LogP contribution in [0.2, 0.25) is 0 Å². The molecule has 0 bridgehead atoms. The Labute approximate surface area is 101 Å². The molecule has 16 heavy (non-hydrogen) atoms. The molecule has 0 unspecified atom stereocenters. The molecule has 1 N–H and O–H groups in total. The Bertz CT molecular complexity index is 385. The molecule has 1 aromatic rings. The van der Waals surface area contributed by atoms with Crippen molar-refractivity contribution in [2.24, 2.45) is 5.41 Å². The van der Waals surface area contributed by atoms with Crippen molar-refractivity contribution in [1.82, 2.24) is 10.3 Å². The number of hydrogen-bond acceptors (Lipinski definition) is 4. The van der Waals surface area contributed by atoms with E-state index in [1.807, 2.05) is 11.6 Å². The zero-order valence-corrected chi connectivity index (χ0v) is 10.6. The fraction of sp³-hybridized carbons (Fsp3) is 0.667. The third-order valence-electron chi connectivity index (χ3n) is 3.28. The Balaban J connectivity index is 1.93. The molecular weight excluding hydrogens is 218 g/mol. The largest absolute Gasteiger partial charge is 0.305 e. The van der Waals surface area contributed by atoms with Gasteiger partial charge in [-0.15, -0.1) is 11.3 Å². The zero-order chi connectivity index (χ0) is 11.6. The highest BCUT2D eigenvalue weighted by Crippen LogP contribution is 2.48. The minimum absolute atomic E-state index is 0.0841. The summed E-state index contributed by atoms with van der Waals surface area (Å²) in [5.41, 5.74) is 0.169. The molecule has 0 radical (unpaired) electrons. The van der Waals surface area contributed by atoms with Gasteiger partial charge in [-0.3, -0.25) is 0 Å². The van der Waals surface area contributed by atoms with Crippen molar-refractivity contribution in [3.63, 3.8) is 0 Å². The quantitative estimate of drug-likeness (QED) is 0.853. The molecule has 86 valence electrons. The SMILES string of the molecule is CC(C)(NCC1(CC#N)CC1)c1nccs1. The molecule has 1 aliphatic carbocycles. The molecule has 1 saturated carbocycles. The first-order valence-electron chi connectivity index (χ1n) is 5.60. The molecule has 4 heteroatoms. The Kier molecular flexibility index (Phi) is 3.00. The van der Waals surface area contributed by atoms with Crippen LogP contribution in [0, 0.1) is 16.7 Å². The van der Waals surface area contributed by atoms with Gasteiger partial charge in [-0.1, -0.05) is 0 Å². The molecule has 1 aromatic heterocycles. The third kappa shape index (κ3) is 2.42. The molecule has 0 saturated heterocycles. The maximum atomic E-state index is 8.77. The Morgan fingerprint density at radius 2 is 2.38 bits per heavy atom.